The first-order valence-corrected chi connectivity index (χ1v) is 10.7. The average molecular weight is 369 g/mol. The minimum Gasteiger partial charge on any atom is -0.493 e. The van der Waals surface area contributed by atoms with E-state index < -0.39 is 9.84 Å². The number of rotatable bonds is 6. The zero-order chi connectivity index (χ0) is 18.4. The van der Waals surface area contributed by atoms with Gasteiger partial charge < -0.3 is 10.1 Å². The first-order chi connectivity index (χ1) is 12.4. The van der Waals surface area contributed by atoms with Gasteiger partial charge in [0.25, 0.3) is 0 Å². The number of benzene rings is 2. The van der Waals surface area contributed by atoms with E-state index in [1.165, 1.54) is 6.26 Å². The molecule has 1 saturated heterocycles. The molecule has 0 aromatic heterocycles. The van der Waals surface area contributed by atoms with E-state index in [1.54, 1.807) is 12.1 Å². The van der Waals surface area contributed by atoms with Crippen LogP contribution in [0.3, 0.4) is 0 Å². The molecule has 1 heterocycles. The maximum atomic E-state index is 11.5. The summed E-state index contributed by atoms with van der Waals surface area (Å²) in [5.74, 6) is 2.08. The summed E-state index contributed by atoms with van der Waals surface area (Å²) in [5.41, 5.74) is 2.26. The van der Waals surface area contributed by atoms with E-state index in [1.807, 2.05) is 36.4 Å². The van der Waals surface area contributed by atoms with E-state index in [4.69, 9.17) is 4.74 Å². The van der Waals surface area contributed by atoms with Gasteiger partial charge in [0.15, 0.2) is 9.84 Å². The summed E-state index contributed by atoms with van der Waals surface area (Å²) in [7, 11) is -3.16. The molecule has 1 N–H and O–H groups in total. The first-order valence-electron chi connectivity index (χ1n) is 8.82. The molecule has 3 atom stereocenters. The van der Waals surface area contributed by atoms with Crippen molar-refractivity contribution < 1.29 is 13.2 Å². The van der Waals surface area contributed by atoms with Gasteiger partial charge in [-0.15, -0.1) is 6.58 Å². The summed E-state index contributed by atoms with van der Waals surface area (Å²) in [6.07, 6.45) is 3.31. The maximum absolute atomic E-state index is 11.5. The molecule has 136 valence electrons. The quantitative estimate of drug-likeness (QED) is 0.795. The van der Waals surface area contributed by atoms with Crippen molar-refractivity contribution in [3.8, 4) is 16.9 Å². The highest BCUT2D eigenvalue weighted by Crippen LogP contribution is 2.61. The second-order valence-corrected chi connectivity index (χ2v) is 9.31. The topological polar surface area (TPSA) is 55.4 Å². The van der Waals surface area contributed by atoms with Gasteiger partial charge >= 0.3 is 0 Å². The number of fused-ring (bicyclic) bond motifs is 1. The van der Waals surface area contributed by atoms with E-state index in [2.05, 4.69) is 18.0 Å². The molecule has 1 aliphatic carbocycles. The fourth-order valence-corrected chi connectivity index (χ4v) is 4.77. The molecule has 1 aliphatic heterocycles. The van der Waals surface area contributed by atoms with Gasteiger partial charge in [-0.05, 0) is 47.9 Å². The Morgan fingerprint density at radius 2 is 1.77 bits per heavy atom. The van der Waals surface area contributed by atoms with Crippen molar-refractivity contribution in [2.45, 2.75) is 4.90 Å². The van der Waals surface area contributed by atoms with Crippen LogP contribution in [0.5, 0.6) is 5.75 Å². The summed E-state index contributed by atoms with van der Waals surface area (Å²) in [6.45, 7) is 6.79. The standard InChI is InChI=1S/C21H23NO3S/c1-3-21-14-22-12-19(21)20(21)13-25-17-8-4-15(5-9-17)16-6-10-18(11-7-16)26(2,23)24/h3-11,19-20,22H,1,12-14H2,2H3. The van der Waals surface area contributed by atoms with Gasteiger partial charge in [0, 0.05) is 24.1 Å². The lowest BCUT2D eigenvalue weighted by Gasteiger charge is -2.12. The molecule has 0 amide bonds. The Hall–Kier alpha value is -2.11. The number of sulfone groups is 1. The third kappa shape index (κ3) is 2.95. The lowest BCUT2D eigenvalue weighted by Crippen LogP contribution is -2.21. The van der Waals surface area contributed by atoms with Gasteiger partial charge in [0.1, 0.15) is 5.75 Å². The normalized spacial score (nSPS) is 27.0. The van der Waals surface area contributed by atoms with Crippen molar-refractivity contribution in [3.05, 3.63) is 61.2 Å². The van der Waals surface area contributed by atoms with Crippen LogP contribution in [0.25, 0.3) is 11.1 Å². The second-order valence-electron chi connectivity index (χ2n) is 7.29. The lowest BCUT2D eigenvalue weighted by atomic mass is 10.0. The third-order valence-electron chi connectivity index (χ3n) is 5.83. The predicted molar refractivity (Wildman–Crippen MR) is 103 cm³/mol. The Morgan fingerprint density at radius 3 is 2.31 bits per heavy atom. The Bertz CT molecular complexity index is 919. The SMILES string of the molecule is C=CC12CNCC1C2COc1ccc(-c2ccc(S(C)(=O)=O)cc2)cc1. The largest absolute Gasteiger partial charge is 0.493 e. The third-order valence-corrected chi connectivity index (χ3v) is 6.96. The van der Waals surface area contributed by atoms with E-state index >= 15 is 0 Å². The summed E-state index contributed by atoms with van der Waals surface area (Å²) in [6, 6.07) is 14.9. The molecule has 1 saturated carbocycles. The van der Waals surface area contributed by atoms with Crippen LogP contribution in [0.1, 0.15) is 0 Å². The van der Waals surface area contributed by atoms with Gasteiger partial charge in [-0.1, -0.05) is 30.3 Å². The van der Waals surface area contributed by atoms with Gasteiger partial charge in [0.2, 0.25) is 0 Å². The Balaban J connectivity index is 1.40. The Kier molecular flexibility index (Phi) is 4.16. The van der Waals surface area contributed by atoms with Crippen molar-refractivity contribution in [1.29, 1.82) is 0 Å². The van der Waals surface area contributed by atoms with E-state index in [9.17, 15) is 8.42 Å². The zero-order valence-electron chi connectivity index (χ0n) is 14.8. The molecule has 0 radical (unpaired) electrons. The lowest BCUT2D eigenvalue weighted by molar-refractivity contribution is 0.272. The molecular formula is C21H23NO3S. The number of hydrogen-bond donors (Lipinski definition) is 1. The molecule has 2 aromatic rings. The summed E-state index contributed by atoms with van der Waals surface area (Å²) in [4.78, 5) is 0.335. The molecule has 26 heavy (non-hydrogen) atoms. The Labute approximate surface area is 154 Å². The molecule has 3 unspecified atom stereocenters. The van der Waals surface area contributed by atoms with Crippen molar-refractivity contribution >= 4 is 9.84 Å². The molecule has 2 fully saturated rings. The molecule has 2 aromatic carbocycles. The highest BCUT2D eigenvalue weighted by molar-refractivity contribution is 7.90. The van der Waals surface area contributed by atoms with E-state index in [-0.39, 0.29) is 5.41 Å². The number of ether oxygens (including phenoxy) is 1. The van der Waals surface area contributed by atoms with Gasteiger partial charge in [0.05, 0.1) is 11.5 Å². The summed E-state index contributed by atoms with van der Waals surface area (Å²) >= 11 is 0. The zero-order valence-corrected chi connectivity index (χ0v) is 15.6. The second kappa shape index (κ2) is 6.25. The van der Waals surface area contributed by atoms with Crippen LogP contribution in [0.15, 0.2) is 66.1 Å². The van der Waals surface area contributed by atoms with Crippen molar-refractivity contribution in [3.63, 3.8) is 0 Å². The predicted octanol–water partition coefficient (Wildman–Crippen LogP) is 3.16. The van der Waals surface area contributed by atoms with Crippen LogP contribution >= 0.6 is 0 Å². The number of nitrogens with one attached hydrogen (secondary N) is 1. The highest BCUT2D eigenvalue weighted by atomic mass is 32.2. The van der Waals surface area contributed by atoms with Crippen molar-refractivity contribution in [2.75, 3.05) is 26.0 Å². The number of piperidine rings is 1. The summed E-state index contributed by atoms with van der Waals surface area (Å²) < 4.78 is 29.1. The Morgan fingerprint density at radius 1 is 1.15 bits per heavy atom. The summed E-state index contributed by atoms with van der Waals surface area (Å²) in [5, 5.41) is 3.42. The van der Waals surface area contributed by atoms with Crippen LogP contribution in [0.4, 0.5) is 0 Å². The smallest absolute Gasteiger partial charge is 0.175 e. The maximum Gasteiger partial charge on any atom is 0.175 e. The van der Waals surface area contributed by atoms with Crippen LogP contribution in [-0.4, -0.2) is 34.4 Å². The van der Waals surface area contributed by atoms with Gasteiger partial charge in [-0.2, -0.15) is 0 Å². The fraction of sp³-hybridized carbons (Fsp3) is 0.333. The average Bonchev–Trinajstić information content (AvgIpc) is 3.03. The molecule has 4 nitrogen and oxygen atoms in total. The number of hydrogen-bond acceptors (Lipinski definition) is 4. The van der Waals surface area contributed by atoms with Gasteiger partial charge in [-0.3, -0.25) is 0 Å². The fourth-order valence-electron chi connectivity index (χ4n) is 4.14. The van der Waals surface area contributed by atoms with Crippen molar-refractivity contribution in [1.82, 2.24) is 5.32 Å². The molecule has 0 spiro atoms. The minimum atomic E-state index is -3.16. The van der Waals surface area contributed by atoms with Gasteiger partial charge in [-0.25, -0.2) is 8.42 Å². The molecular weight excluding hydrogens is 346 g/mol. The monoisotopic (exact) mass is 369 g/mol. The van der Waals surface area contributed by atoms with Crippen LogP contribution < -0.4 is 10.1 Å². The van der Waals surface area contributed by atoms with Crippen LogP contribution in [0.2, 0.25) is 0 Å². The van der Waals surface area contributed by atoms with Crippen LogP contribution in [-0.2, 0) is 9.84 Å². The van der Waals surface area contributed by atoms with E-state index in [0.717, 1.165) is 36.6 Å². The van der Waals surface area contributed by atoms with E-state index in [0.29, 0.717) is 16.7 Å². The highest BCUT2D eigenvalue weighted by Gasteiger charge is 2.65. The molecule has 5 heteroatoms. The first kappa shape index (κ1) is 17.3. The molecule has 0 bridgehead atoms. The molecule has 2 aliphatic rings. The van der Waals surface area contributed by atoms with Crippen molar-refractivity contribution in [2.24, 2.45) is 17.3 Å². The molecule has 4 rings (SSSR count). The minimum absolute atomic E-state index is 0.237. The van der Waals surface area contributed by atoms with Crippen LogP contribution in [0, 0.1) is 17.3 Å².